The smallest absolute Gasteiger partial charge is 0.292 e. The van der Waals surface area contributed by atoms with Crippen molar-refractivity contribution in [1.82, 2.24) is 9.88 Å². The van der Waals surface area contributed by atoms with E-state index < -0.39 is 4.92 Å². The lowest BCUT2D eigenvalue weighted by molar-refractivity contribution is -0.386. The summed E-state index contributed by atoms with van der Waals surface area (Å²) in [6.45, 7) is 1.91. The van der Waals surface area contributed by atoms with Gasteiger partial charge < -0.3 is 4.90 Å². The number of nitrogens with zero attached hydrogens (tertiary/aromatic N) is 3. The molecule has 1 atom stereocenters. The molecule has 0 bridgehead atoms. The summed E-state index contributed by atoms with van der Waals surface area (Å²) in [4.78, 5) is 16.2. The SMILES string of the molecule is CC(c1cc(Br)ncc1[N+](=O)[O-])N(C)C. The monoisotopic (exact) mass is 273 g/mol. The Bertz CT molecular complexity index is 382. The second kappa shape index (κ2) is 4.67. The highest BCUT2D eigenvalue weighted by atomic mass is 79.9. The molecule has 15 heavy (non-hydrogen) atoms. The molecule has 0 aliphatic rings. The first-order valence-corrected chi connectivity index (χ1v) is 5.19. The van der Waals surface area contributed by atoms with Crippen molar-refractivity contribution < 1.29 is 4.92 Å². The van der Waals surface area contributed by atoms with Crippen LogP contribution in [-0.2, 0) is 0 Å². The van der Waals surface area contributed by atoms with Crippen molar-refractivity contribution in [2.24, 2.45) is 0 Å². The summed E-state index contributed by atoms with van der Waals surface area (Å²) >= 11 is 3.21. The van der Waals surface area contributed by atoms with E-state index in [2.05, 4.69) is 20.9 Å². The zero-order valence-corrected chi connectivity index (χ0v) is 10.4. The van der Waals surface area contributed by atoms with Crippen molar-refractivity contribution in [3.63, 3.8) is 0 Å². The first-order valence-electron chi connectivity index (χ1n) is 4.39. The van der Waals surface area contributed by atoms with Gasteiger partial charge in [-0.05, 0) is 43.0 Å². The van der Waals surface area contributed by atoms with Crippen molar-refractivity contribution in [3.05, 3.63) is 32.5 Å². The minimum atomic E-state index is -0.408. The van der Waals surface area contributed by atoms with Gasteiger partial charge in [0.2, 0.25) is 0 Å². The van der Waals surface area contributed by atoms with Gasteiger partial charge in [0.15, 0.2) is 0 Å². The number of halogens is 1. The van der Waals surface area contributed by atoms with Crippen LogP contribution in [0.4, 0.5) is 5.69 Å². The first kappa shape index (κ1) is 12.1. The number of nitro groups is 1. The molecule has 1 aromatic rings. The molecule has 1 unspecified atom stereocenters. The van der Waals surface area contributed by atoms with Gasteiger partial charge >= 0.3 is 0 Å². The summed E-state index contributed by atoms with van der Waals surface area (Å²) < 4.78 is 0.608. The molecule has 1 heterocycles. The van der Waals surface area contributed by atoms with Crippen LogP contribution in [-0.4, -0.2) is 28.9 Å². The second-order valence-corrected chi connectivity index (χ2v) is 4.28. The fraction of sp³-hybridized carbons (Fsp3) is 0.444. The predicted molar refractivity (Wildman–Crippen MR) is 60.7 cm³/mol. The van der Waals surface area contributed by atoms with Gasteiger partial charge in [-0.15, -0.1) is 0 Å². The molecule has 0 amide bonds. The Morgan fingerprint density at radius 2 is 2.20 bits per heavy atom. The van der Waals surface area contributed by atoms with Gasteiger partial charge in [0.1, 0.15) is 10.8 Å². The van der Waals surface area contributed by atoms with Crippen molar-refractivity contribution in [2.45, 2.75) is 13.0 Å². The maximum Gasteiger partial charge on any atom is 0.292 e. The molecular weight excluding hydrogens is 262 g/mol. The average Bonchev–Trinajstić information content (AvgIpc) is 2.15. The highest BCUT2D eigenvalue weighted by Gasteiger charge is 2.21. The molecule has 0 N–H and O–H groups in total. The third-order valence-corrected chi connectivity index (χ3v) is 2.74. The van der Waals surface area contributed by atoms with Gasteiger partial charge in [-0.1, -0.05) is 0 Å². The Hall–Kier alpha value is -1.01. The Morgan fingerprint density at radius 1 is 1.60 bits per heavy atom. The van der Waals surface area contributed by atoms with E-state index in [9.17, 15) is 10.1 Å². The van der Waals surface area contributed by atoms with Gasteiger partial charge in [0, 0.05) is 6.04 Å². The molecular formula is C9H12BrN3O2. The molecule has 0 saturated carbocycles. The highest BCUT2D eigenvalue weighted by Crippen LogP contribution is 2.28. The van der Waals surface area contributed by atoms with E-state index in [1.807, 2.05) is 25.9 Å². The van der Waals surface area contributed by atoms with Crippen LogP contribution in [0.2, 0.25) is 0 Å². The molecule has 5 nitrogen and oxygen atoms in total. The third kappa shape index (κ3) is 2.73. The largest absolute Gasteiger partial charge is 0.302 e. The van der Waals surface area contributed by atoms with Crippen LogP contribution in [0.15, 0.2) is 16.9 Å². The molecule has 0 radical (unpaired) electrons. The zero-order chi connectivity index (χ0) is 11.6. The van der Waals surface area contributed by atoms with Crippen LogP contribution >= 0.6 is 15.9 Å². The number of pyridine rings is 1. The van der Waals surface area contributed by atoms with E-state index >= 15 is 0 Å². The highest BCUT2D eigenvalue weighted by molar-refractivity contribution is 9.10. The fourth-order valence-electron chi connectivity index (χ4n) is 1.20. The summed E-state index contributed by atoms with van der Waals surface area (Å²) in [5, 5.41) is 10.8. The Morgan fingerprint density at radius 3 is 2.67 bits per heavy atom. The Labute approximate surface area is 96.4 Å². The summed E-state index contributed by atoms with van der Waals surface area (Å²) in [7, 11) is 3.76. The predicted octanol–water partition coefficient (Wildman–Crippen LogP) is 2.37. The molecule has 1 aromatic heterocycles. The van der Waals surface area contributed by atoms with Crippen molar-refractivity contribution in [1.29, 1.82) is 0 Å². The van der Waals surface area contributed by atoms with Crippen LogP contribution in [0.5, 0.6) is 0 Å². The fourth-order valence-corrected chi connectivity index (χ4v) is 1.55. The summed E-state index contributed by atoms with van der Waals surface area (Å²) in [5.41, 5.74) is 0.714. The van der Waals surface area contributed by atoms with Crippen molar-refractivity contribution >= 4 is 21.6 Å². The van der Waals surface area contributed by atoms with E-state index in [0.717, 1.165) is 0 Å². The lowest BCUT2D eigenvalue weighted by atomic mass is 10.1. The lowest BCUT2D eigenvalue weighted by Crippen LogP contribution is -2.18. The third-order valence-electron chi connectivity index (χ3n) is 2.30. The van der Waals surface area contributed by atoms with Crippen LogP contribution in [0.3, 0.4) is 0 Å². The van der Waals surface area contributed by atoms with Crippen LogP contribution in [0.1, 0.15) is 18.5 Å². The standard InChI is InChI=1S/C9H12BrN3O2/c1-6(12(2)3)7-4-9(10)11-5-8(7)13(14)15/h4-6H,1-3H3. The number of aromatic nitrogens is 1. The first-order chi connectivity index (χ1) is 6.93. The summed E-state index contributed by atoms with van der Waals surface area (Å²) in [5.74, 6) is 0. The van der Waals surface area contributed by atoms with Gasteiger partial charge in [0.25, 0.3) is 5.69 Å². The summed E-state index contributed by atoms with van der Waals surface area (Å²) in [6.07, 6.45) is 1.28. The molecule has 0 fully saturated rings. The van der Waals surface area contributed by atoms with Gasteiger partial charge in [-0.25, -0.2) is 4.98 Å². The van der Waals surface area contributed by atoms with E-state index in [1.165, 1.54) is 6.20 Å². The van der Waals surface area contributed by atoms with E-state index in [0.29, 0.717) is 10.2 Å². The zero-order valence-electron chi connectivity index (χ0n) is 8.77. The van der Waals surface area contributed by atoms with Crippen LogP contribution < -0.4 is 0 Å². The van der Waals surface area contributed by atoms with Crippen molar-refractivity contribution in [2.75, 3.05) is 14.1 Å². The molecule has 82 valence electrons. The number of hydrogen-bond donors (Lipinski definition) is 0. The molecule has 0 aliphatic carbocycles. The number of rotatable bonds is 3. The maximum absolute atomic E-state index is 10.8. The van der Waals surface area contributed by atoms with E-state index in [4.69, 9.17) is 0 Å². The van der Waals surface area contributed by atoms with Gasteiger partial charge in [-0.3, -0.25) is 10.1 Å². The van der Waals surface area contributed by atoms with E-state index in [-0.39, 0.29) is 11.7 Å². The average molecular weight is 274 g/mol. The minimum Gasteiger partial charge on any atom is -0.302 e. The molecule has 0 aliphatic heterocycles. The molecule has 1 rings (SSSR count). The van der Waals surface area contributed by atoms with Crippen LogP contribution in [0.25, 0.3) is 0 Å². The molecule has 0 saturated heterocycles. The van der Waals surface area contributed by atoms with Gasteiger partial charge in [0.05, 0.1) is 10.5 Å². The number of hydrogen-bond acceptors (Lipinski definition) is 4. The maximum atomic E-state index is 10.8. The molecule has 0 spiro atoms. The minimum absolute atomic E-state index is 0.0234. The molecule has 0 aromatic carbocycles. The quantitative estimate of drug-likeness (QED) is 0.482. The normalized spacial score (nSPS) is 12.9. The summed E-state index contributed by atoms with van der Waals surface area (Å²) in [6, 6.07) is 1.66. The molecule has 6 heteroatoms. The lowest BCUT2D eigenvalue weighted by Gasteiger charge is -2.19. The second-order valence-electron chi connectivity index (χ2n) is 3.46. The van der Waals surface area contributed by atoms with Crippen LogP contribution in [0, 0.1) is 10.1 Å². The Balaban J connectivity index is 3.24. The van der Waals surface area contributed by atoms with Gasteiger partial charge in [-0.2, -0.15) is 0 Å². The van der Waals surface area contributed by atoms with E-state index in [1.54, 1.807) is 6.07 Å². The topological polar surface area (TPSA) is 59.3 Å². The van der Waals surface area contributed by atoms with Crippen molar-refractivity contribution in [3.8, 4) is 0 Å². The Kier molecular flexibility index (Phi) is 3.76.